The Morgan fingerprint density at radius 2 is 2.07 bits per heavy atom. The van der Waals surface area contributed by atoms with Crippen LogP contribution in [-0.2, 0) is 11.8 Å². The van der Waals surface area contributed by atoms with Gasteiger partial charge in [-0.1, -0.05) is 24.6 Å². The Kier molecular flexibility index (Phi) is 8.37. The number of fused-ring (bicyclic) bond motifs is 1. The summed E-state index contributed by atoms with van der Waals surface area (Å²) in [6.45, 7) is 6.03. The number of ether oxygens (including phenoxy) is 2. The predicted molar refractivity (Wildman–Crippen MR) is 172 cm³/mol. The number of nitrogens with two attached hydrogens (primary N) is 1. The maximum absolute atomic E-state index is 16.0. The summed E-state index contributed by atoms with van der Waals surface area (Å²) in [5, 5.41) is 10.5. The molecule has 0 saturated carbocycles. The van der Waals surface area contributed by atoms with E-state index in [9.17, 15) is 9.90 Å². The molecule has 2 atom stereocenters. The van der Waals surface area contributed by atoms with Crippen molar-refractivity contribution in [1.82, 2.24) is 29.3 Å². The Bertz CT molecular complexity index is 1870. The van der Waals surface area contributed by atoms with Gasteiger partial charge in [0.05, 0.1) is 25.1 Å². The second-order valence-corrected chi connectivity index (χ2v) is 11.7. The molecule has 3 N–H and O–H groups in total. The summed E-state index contributed by atoms with van der Waals surface area (Å²) in [6, 6.07) is 10.7. The summed E-state index contributed by atoms with van der Waals surface area (Å²) in [5.41, 5.74) is 7.93. The van der Waals surface area contributed by atoms with Crippen LogP contribution in [0.2, 0.25) is 0 Å². The number of aromatic nitrogens is 4. The van der Waals surface area contributed by atoms with Crippen LogP contribution >= 0.6 is 0 Å². The van der Waals surface area contributed by atoms with Crippen LogP contribution in [0.5, 0.6) is 17.4 Å². The minimum absolute atomic E-state index is 0.0446. The fourth-order valence-corrected chi connectivity index (χ4v) is 6.35. The molecule has 0 bridgehead atoms. The molecule has 238 valence electrons. The van der Waals surface area contributed by atoms with Gasteiger partial charge in [-0.2, -0.15) is 0 Å². The number of aliphatic hydroxyl groups excluding tert-OH is 1. The van der Waals surface area contributed by atoms with Gasteiger partial charge >= 0.3 is 0 Å². The summed E-state index contributed by atoms with van der Waals surface area (Å²) in [5.74, 6) is 7.45. The van der Waals surface area contributed by atoms with E-state index in [-0.39, 0.29) is 43.5 Å². The molecule has 0 aliphatic carbocycles. The van der Waals surface area contributed by atoms with Crippen molar-refractivity contribution < 1.29 is 23.8 Å². The highest BCUT2D eigenvalue weighted by atomic mass is 19.1. The monoisotopic (exact) mass is 625 g/mol. The van der Waals surface area contributed by atoms with Crippen molar-refractivity contribution in [2.24, 2.45) is 7.05 Å². The number of piperidine rings is 1. The highest BCUT2D eigenvalue weighted by Gasteiger charge is 2.47. The number of amides is 1. The third-order valence-corrected chi connectivity index (χ3v) is 8.71. The number of carbonyl (C=O) groups excluding carboxylic acids is 1. The van der Waals surface area contributed by atoms with Crippen molar-refractivity contribution in [3.63, 3.8) is 0 Å². The SMILES string of the molecule is C=CC(=O)N1CCC(N2CC(F)(C#Cc3c(-c4ccc(Oc5cccc(C)n5)c(OC)c4)c4c(N)ncnc4n3C)C2)C[C@H]1CO. The number of hydrogen-bond acceptors (Lipinski definition) is 9. The normalized spacial score (nSPS) is 19.2. The van der Waals surface area contributed by atoms with E-state index >= 15 is 4.39 Å². The molecule has 2 saturated heterocycles. The number of aliphatic hydroxyl groups is 1. The number of likely N-dealkylation sites (tertiary alicyclic amines) is 2. The highest BCUT2D eigenvalue weighted by Crippen LogP contribution is 2.41. The Labute approximate surface area is 266 Å². The smallest absolute Gasteiger partial charge is 0.246 e. The van der Waals surface area contributed by atoms with Gasteiger partial charge in [0.1, 0.15) is 23.5 Å². The van der Waals surface area contributed by atoms with Crippen molar-refractivity contribution in [2.75, 3.05) is 39.1 Å². The van der Waals surface area contributed by atoms with Crippen molar-refractivity contribution in [3.8, 4) is 40.3 Å². The van der Waals surface area contributed by atoms with Crippen molar-refractivity contribution in [2.45, 2.75) is 37.5 Å². The first-order chi connectivity index (χ1) is 22.1. The molecular formula is C34H36FN7O4. The number of halogens is 1. The van der Waals surface area contributed by atoms with E-state index in [0.29, 0.717) is 59.1 Å². The Morgan fingerprint density at radius 1 is 1.26 bits per heavy atom. The van der Waals surface area contributed by atoms with E-state index in [2.05, 4.69) is 33.4 Å². The van der Waals surface area contributed by atoms with Gasteiger partial charge in [0.25, 0.3) is 0 Å². The van der Waals surface area contributed by atoms with Crippen molar-refractivity contribution in [1.29, 1.82) is 0 Å². The standard InChI is InChI=1S/C34H36FN7O4/c1-5-29(44)42-14-12-23(16-24(42)17-43)41-18-34(35,19-41)13-11-25-30(31-32(36)37-20-38-33(31)40(25)3)22-9-10-26(27(15-22)45-4)46-28-8-6-7-21(2)39-28/h5-10,15,20,23-24,43H,1,12,14,16-19H2,2-4H3,(H2,36,37,38)/t23?,24-/m0/s1. The van der Waals surface area contributed by atoms with E-state index < -0.39 is 5.67 Å². The van der Waals surface area contributed by atoms with Gasteiger partial charge in [-0.05, 0) is 55.5 Å². The number of hydrogen-bond donors (Lipinski definition) is 2. The van der Waals surface area contributed by atoms with Crippen LogP contribution in [0.1, 0.15) is 24.2 Å². The van der Waals surface area contributed by atoms with Gasteiger partial charge in [-0.3, -0.25) is 9.69 Å². The molecule has 2 aliphatic heterocycles. The number of rotatable bonds is 7. The summed E-state index contributed by atoms with van der Waals surface area (Å²) < 4.78 is 29.5. The van der Waals surface area contributed by atoms with Crippen LogP contribution in [0.25, 0.3) is 22.2 Å². The zero-order valence-corrected chi connectivity index (χ0v) is 26.0. The molecule has 1 aromatic carbocycles. The molecule has 5 heterocycles. The fourth-order valence-electron chi connectivity index (χ4n) is 6.35. The van der Waals surface area contributed by atoms with E-state index in [0.717, 1.165) is 11.3 Å². The summed E-state index contributed by atoms with van der Waals surface area (Å²) >= 11 is 0. The van der Waals surface area contributed by atoms with Crippen LogP contribution in [-0.4, -0.2) is 91.4 Å². The topological polar surface area (TPSA) is 132 Å². The van der Waals surface area contributed by atoms with E-state index in [1.165, 1.54) is 12.4 Å². The van der Waals surface area contributed by atoms with Crippen LogP contribution < -0.4 is 15.2 Å². The average molecular weight is 626 g/mol. The van der Waals surface area contributed by atoms with Gasteiger partial charge in [0.15, 0.2) is 17.2 Å². The molecule has 3 aromatic heterocycles. The van der Waals surface area contributed by atoms with Crippen LogP contribution in [0.15, 0.2) is 55.4 Å². The molecule has 2 aliphatic rings. The largest absolute Gasteiger partial charge is 0.493 e. The highest BCUT2D eigenvalue weighted by molar-refractivity contribution is 6.03. The summed E-state index contributed by atoms with van der Waals surface area (Å²) in [7, 11) is 3.36. The van der Waals surface area contributed by atoms with Gasteiger partial charge in [-0.15, -0.1) is 0 Å². The van der Waals surface area contributed by atoms with Crippen LogP contribution in [0.3, 0.4) is 0 Å². The molecule has 4 aromatic rings. The number of carbonyl (C=O) groups is 1. The minimum atomic E-state index is -1.73. The summed E-state index contributed by atoms with van der Waals surface area (Å²) in [4.78, 5) is 28.9. The lowest BCUT2D eigenvalue weighted by Crippen LogP contribution is -2.64. The van der Waals surface area contributed by atoms with Crippen molar-refractivity contribution in [3.05, 3.63) is 66.8 Å². The van der Waals surface area contributed by atoms with Crippen LogP contribution in [0.4, 0.5) is 10.2 Å². The molecule has 1 amide bonds. The zero-order chi connectivity index (χ0) is 32.6. The minimum Gasteiger partial charge on any atom is -0.493 e. The molecule has 12 heteroatoms. The first kappa shape index (κ1) is 31.0. The molecule has 2 fully saturated rings. The summed E-state index contributed by atoms with van der Waals surface area (Å²) in [6.07, 6.45) is 3.90. The zero-order valence-electron chi connectivity index (χ0n) is 26.0. The number of nitrogens with zero attached hydrogens (tertiary/aromatic N) is 6. The van der Waals surface area contributed by atoms with Gasteiger partial charge < -0.3 is 29.8 Å². The van der Waals surface area contributed by atoms with Gasteiger partial charge in [0, 0.05) is 50.0 Å². The first-order valence-electron chi connectivity index (χ1n) is 15.0. The number of aryl methyl sites for hydroxylation is 2. The number of benzene rings is 1. The second kappa shape index (κ2) is 12.4. The van der Waals surface area contributed by atoms with E-state index in [1.807, 2.05) is 43.1 Å². The molecule has 6 rings (SSSR count). The second-order valence-electron chi connectivity index (χ2n) is 11.7. The Morgan fingerprint density at radius 3 is 2.78 bits per heavy atom. The number of pyridine rings is 1. The van der Waals surface area contributed by atoms with Gasteiger partial charge in [-0.25, -0.2) is 19.3 Å². The maximum atomic E-state index is 16.0. The predicted octanol–water partition coefficient (Wildman–Crippen LogP) is 3.64. The maximum Gasteiger partial charge on any atom is 0.246 e. The molecule has 46 heavy (non-hydrogen) atoms. The quantitative estimate of drug-likeness (QED) is 0.233. The number of anilines is 1. The Balaban J connectivity index is 1.29. The van der Waals surface area contributed by atoms with E-state index in [4.69, 9.17) is 15.2 Å². The Hall–Kier alpha value is -4.99. The molecule has 0 spiro atoms. The molecule has 11 nitrogen and oxygen atoms in total. The van der Waals surface area contributed by atoms with E-state index in [1.54, 1.807) is 28.7 Å². The third kappa shape index (κ3) is 5.75. The average Bonchev–Trinajstić information content (AvgIpc) is 3.34. The number of alkyl halides is 1. The number of nitrogen functional groups attached to an aromatic ring is 1. The van der Waals surface area contributed by atoms with Crippen molar-refractivity contribution >= 4 is 22.8 Å². The van der Waals surface area contributed by atoms with Gasteiger partial charge in [0.2, 0.25) is 11.8 Å². The third-order valence-electron chi connectivity index (χ3n) is 8.71. The lowest BCUT2D eigenvalue weighted by Gasteiger charge is -2.50. The fraction of sp³-hybridized carbons (Fsp3) is 0.353. The lowest BCUT2D eigenvalue weighted by atomic mass is 9.88. The number of methoxy groups -OCH3 is 1. The molecular weight excluding hydrogens is 589 g/mol. The molecule has 0 radical (unpaired) electrons. The first-order valence-corrected chi connectivity index (χ1v) is 15.0. The van der Waals surface area contributed by atoms with Crippen LogP contribution in [0, 0.1) is 18.8 Å². The molecule has 1 unspecified atom stereocenters. The lowest BCUT2D eigenvalue weighted by molar-refractivity contribution is -0.133.